The molecule has 2 atom stereocenters. The van der Waals surface area contributed by atoms with E-state index in [1.54, 1.807) is 6.08 Å². The van der Waals surface area contributed by atoms with Crippen LogP contribution in [0, 0.1) is 0 Å². The fourth-order valence-corrected chi connectivity index (χ4v) is 7.85. The van der Waals surface area contributed by atoms with Crippen molar-refractivity contribution in [3.05, 3.63) is 134 Å². The third kappa shape index (κ3) is 53.5. The average molecular weight is 939 g/mol. The lowest BCUT2D eigenvalue weighted by atomic mass is 10.0. The second-order valence-electron chi connectivity index (χ2n) is 18.6. The lowest BCUT2D eigenvalue weighted by Crippen LogP contribution is -2.45. The fourth-order valence-electron chi connectivity index (χ4n) is 7.85. The van der Waals surface area contributed by atoms with Gasteiger partial charge >= 0.3 is 0 Å². The molecule has 0 heterocycles. The van der Waals surface area contributed by atoms with E-state index in [-0.39, 0.29) is 12.5 Å². The molecule has 4 nitrogen and oxygen atoms in total. The zero-order chi connectivity index (χ0) is 49.2. The molecule has 68 heavy (non-hydrogen) atoms. The van der Waals surface area contributed by atoms with Crippen molar-refractivity contribution in [2.24, 2.45) is 0 Å². The number of allylic oxidation sites excluding steroid dienone is 21. The molecule has 0 aromatic heterocycles. The molecule has 0 spiro atoms. The van der Waals surface area contributed by atoms with E-state index < -0.39 is 12.1 Å². The maximum absolute atomic E-state index is 12.5. The molecule has 3 N–H and O–H groups in total. The molecule has 4 heteroatoms. The van der Waals surface area contributed by atoms with E-state index in [9.17, 15) is 15.0 Å². The summed E-state index contributed by atoms with van der Waals surface area (Å²) in [5.74, 6) is -0.0772. The smallest absolute Gasteiger partial charge is 0.220 e. The van der Waals surface area contributed by atoms with Crippen molar-refractivity contribution in [2.45, 2.75) is 257 Å². The van der Waals surface area contributed by atoms with Crippen LogP contribution in [-0.2, 0) is 4.79 Å². The van der Waals surface area contributed by atoms with Crippen LogP contribution in [0.3, 0.4) is 0 Å². The highest BCUT2D eigenvalue weighted by molar-refractivity contribution is 5.76. The predicted molar refractivity (Wildman–Crippen MR) is 303 cm³/mol. The van der Waals surface area contributed by atoms with Crippen molar-refractivity contribution in [3.8, 4) is 0 Å². The number of rotatable bonds is 50. The Kier molecular flexibility index (Phi) is 54.9. The van der Waals surface area contributed by atoms with Gasteiger partial charge in [-0.3, -0.25) is 4.79 Å². The van der Waals surface area contributed by atoms with Crippen molar-refractivity contribution in [1.29, 1.82) is 0 Å². The molecule has 0 aromatic carbocycles. The van der Waals surface area contributed by atoms with Crippen LogP contribution in [-0.4, -0.2) is 34.9 Å². The van der Waals surface area contributed by atoms with Gasteiger partial charge in [0.2, 0.25) is 5.91 Å². The number of aliphatic hydroxyl groups excluding tert-OH is 2. The van der Waals surface area contributed by atoms with Crippen molar-refractivity contribution in [1.82, 2.24) is 5.32 Å². The SMILES string of the molecule is CC/C=C\C/C=C\C/C=C\C/C=C\C/C=C\C/C=C\C/C=C\C/C=C\C/C=C\C/C=C\CCCCCCCCCCC(=O)NC(CO)C(O)/C=C/CCCCCCCCCCCCCCCCC. The molecule has 0 aromatic rings. The van der Waals surface area contributed by atoms with E-state index in [1.807, 2.05) is 6.08 Å². The Morgan fingerprint density at radius 3 is 0.971 bits per heavy atom. The Balaban J connectivity index is 3.64. The van der Waals surface area contributed by atoms with Gasteiger partial charge in [-0.25, -0.2) is 0 Å². The molecule has 0 aliphatic rings. The topological polar surface area (TPSA) is 69.6 Å². The van der Waals surface area contributed by atoms with Crippen LogP contribution in [0.4, 0.5) is 0 Å². The highest BCUT2D eigenvalue weighted by Crippen LogP contribution is 2.15. The number of nitrogens with one attached hydrogen (secondary N) is 1. The van der Waals surface area contributed by atoms with E-state index in [0.29, 0.717) is 6.42 Å². The zero-order valence-corrected chi connectivity index (χ0v) is 44.3. The first-order valence-corrected chi connectivity index (χ1v) is 28.4. The molecule has 0 fully saturated rings. The van der Waals surface area contributed by atoms with Crippen LogP contribution in [0.1, 0.15) is 245 Å². The summed E-state index contributed by atoms with van der Waals surface area (Å²) in [6.45, 7) is 4.19. The van der Waals surface area contributed by atoms with Gasteiger partial charge in [0.25, 0.3) is 0 Å². The summed E-state index contributed by atoms with van der Waals surface area (Å²) in [6, 6.07) is -0.636. The molecular formula is C64H107NO3. The highest BCUT2D eigenvalue weighted by atomic mass is 16.3. The number of carbonyl (C=O) groups is 1. The second kappa shape index (κ2) is 57.8. The number of hydrogen-bond acceptors (Lipinski definition) is 3. The van der Waals surface area contributed by atoms with Crippen LogP contribution in [0.25, 0.3) is 0 Å². The summed E-state index contributed by atoms with van der Waals surface area (Å²) >= 11 is 0. The maximum Gasteiger partial charge on any atom is 0.220 e. The minimum atomic E-state index is -0.851. The third-order valence-corrected chi connectivity index (χ3v) is 12.1. The molecule has 0 saturated carbocycles. The molecule has 0 radical (unpaired) electrons. The number of hydrogen-bond donors (Lipinski definition) is 3. The first-order chi connectivity index (χ1) is 33.7. The molecule has 0 saturated heterocycles. The van der Waals surface area contributed by atoms with E-state index in [1.165, 1.54) is 122 Å². The molecule has 0 aliphatic carbocycles. The Labute approximate surface area is 421 Å². The lowest BCUT2D eigenvalue weighted by Gasteiger charge is -2.20. The summed E-state index contributed by atoms with van der Waals surface area (Å²) in [5, 5.41) is 23.1. The van der Waals surface area contributed by atoms with Gasteiger partial charge in [0.05, 0.1) is 18.8 Å². The van der Waals surface area contributed by atoms with Gasteiger partial charge in [-0.1, -0.05) is 276 Å². The van der Waals surface area contributed by atoms with Gasteiger partial charge in [-0.15, -0.1) is 0 Å². The number of aliphatic hydroxyl groups is 2. The molecule has 1 amide bonds. The summed E-state index contributed by atoms with van der Waals surface area (Å²) in [6.07, 6.45) is 90.3. The minimum absolute atomic E-state index is 0.0772. The summed E-state index contributed by atoms with van der Waals surface area (Å²) in [7, 11) is 0. The third-order valence-electron chi connectivity index (χ3n) is 12.1. The predicted octanol–water partition coefficient (Wildman–Crippen LogP) is 19.0. The van der Waals surface area contributed by atoms with Crippen LogP contribution in [0.15, 0.2) is 134 Å². The summed E-state index contributed by atoms with van der Waals surface area (Å²) in [4.78, 5) is 12.5. The molecule has 386 valence electrons. The molecular weight excluding hydrogens is 831 g/mol. The Bertz CT molecular complexity index is 1390. The van der Waals surface area contributed by atoms with Crippen molar-refractivity contribution >= 4 is 5.91 Å². The molecule has 0 rings (SSSR count). The van der Waals surface area contributed by atoms with Crippen molar-refractivity contribution in [3.63, 3.8) is 0 Å². The Morgan fingerprint density at radius 2 is 0.647 bits per heavy atom. The summed E-state index contributed by atoms with van der Waals surface area (Å²) in [5.41, 5.74) is 0. The van der Waals surface area contributed by atoms with Crippen LogP contribution < -0.4 is 5.32 Å². The quantitative estimate of drug-likeness (QED) is 0.0420. The van der Waals surface area contributed by atoms with Gasteiger partial charge < -0.3 is 15.5 Å². The van der Waals surface area contributed by atoms with Gasteiger partial charge in [0, 0.05) is 6.42 Å². The van der Waals surface area contributed by atoms with E-state index >= 15 is 0 Å². The summed E-state index contributed by atoms with van der Waals surface area (Å²) < 4.78 is 0. The van der Waals surface area contributed by atoms with Gasteiger partial charge in [-0.05, 0) is 96.3 Å². The van der Waals surface area contributed by atoms with Gasteiger partial charge in [-0.2, -0.15) is 0 Å². The highest BCUT2D eigenvalue weighted by Gasteiger charge is 2.18. The zero-order valence-electron chi connectivity index (χ0n) is 44.3. The van der Waals surface area contributed by atoms with Crippen LogP contribution >= 0.6 is 0 Å². The first kappa shape index (κ1) is 64.5. The minimum Gasteiger partial charge on any atom is -0.394 e. The van der Waals surface area contributed by atoms with Crippen LogP contribution in [0.5, 0.6) is 0 Å². The van der Waals surface area contributed by atoms with Gasteiger partial charge in [0.15, 0.2) is 0 Å². The maximum atomic E-state index is 12.5. The average Bonchev–Trinajstić information content (AvgIpc) is 3.34. The van der Waals surface area contributed by atoms with Crippen molar-refractivity contribution < 1.29 is 15.0 Å². The largest absolute Gasteiger partial charge is 0.394 e. The fraction of sp³-hybridized carbons (Fsp3) is 0.641. The van der Waals surface area contributed by atoms with E-state index in [2.05, 4.69) is 141 Å². The molecule has 0 aliphatic heterocycles. The van der Waals surface area contributed by atoms with E-state index in [4.69, 9.17) is 0 Å². The number of carbonyl (C=O) groups excluding carboxylic acids is 1. The molecule has 0 bridgehead atoms. The normalized spacial score (nSPS) is 13.9. The Morgan fingerprint density at radius 1 is 0.368 bits per heavy atom. The second-order valence-corrected chi connectivity index (χ2v) is 18.6. The number of unbranched alkanes of at least 4 members (excludes halogenated alkanes) is 23. The number of amides is 1. The van der Waals surface area contributed by atoms with Gasteiger partial charge in [0.1, 0.15) is 0 Å². The molecule has 2 unspecified atom stereocenters. The monoisotopic (exact) mass is 938 g/mol. The van der Waals surface area contributed by atoms with Crippen LogP contribution in [0.2, 0.25) is 0 Å². The Hall–Kier alpha value is -3.47. The standard InChI is InChI=1S/C64H107NO3/c1-3-5-7-9-11-13-15-17-19-21-22-23-24-25-26-27-28-29-30-31-32-33-34-35-36-37-38-39-40-41-42-44-46-48-50-52-54-56-58-60-64(68)65-62(61-66)63(67)59-57-55-53-51-49-47-45-43-20-18-16-14-12-10-8-6-4-2/h5,7,11,13,17,19,22-23,25-26,28-29,31-32,34-35,37-38,40-41,57,59,62-63,66-67H,3-4,6,8-10,12,14-16,18,20-21,24,27,30,33,36,39,42-56,58,60-61H2,1-2H3,(H,65,68)/b7-5-,13-11-,19-17-,23-22-,26-25-,29-28-,32-31-,35-34-,38-37-,41-40-,59-57+. The first-order valence-electron chi connectivity index (χ1n) is 28.4. The van der Waals surface area contributed by atoms with E-state index in [0.717, 1.165) is 103 Å². The van der Waals surface area contributed by atoms with Crippen molar-refractivity contribution in [2.75, 3.05) is 6.61 Å². The lowest BCUT2D eigenvalue weighted by molar-refractivity contribution is -0.123.